The zero-order chi connectivity index (χ0) is 14.1. The first kappa shape index (κ1) is 12.9. The van der Waals surface area contributed by atoms with Crippen molar-refractivity contribution in [2.24, 2.45) is 0 Å². The van der Waals surface area contributed by atoms with Crippen LogP contribution in [0.25, 0.3) is 0 Å². The number of fused-ring (bicyclic) bond motifs is 1. The molecule has 1 aliphatic carbocycles. The number of methoxy groups -OCH3 is 1. The maximum absolute atomic E-state index is 13.7. The van der Waals surface area contributed by atoms with Crippen molar-refractivity contribution in [3.63, 3.8) is 0 Å². The van der Waals surface area contributed by atoms with E-state index in [9.17, 15) is 9.18 Å². The third kappa shape index (κ3) is 2.20. The number of ether oxygens (including phenoxy) is 1. The van der Waals surface area contributed by atoms with E-state index in [1.54, 1.807) is 6.07 Å². The molecule has 0 amide bonds. The summed E-state index contributed by atoms with van der Waals surface area (Å²) < 4.78 is 18.5. The molecule has 0 unspecified atom stereocenters. The molecule has 0 N–H and O–H groups in total. The zero-order valence-electron chi connectivity index (χ0n) is 11.3. The highest BCUT2D eigenvalue weighted by atomic mass is 19.1. The maximum Gasteiger partial charge on any atom is 0.193 e. The zero-order valence-corrected chi connectivity index (χ0v) is 11.3. The molecule has 0 aromatic heterocycles. The number of hydrogen-bond donors (Lipinski definition) is 0. The fraction of sp³-hybridized carbons (Fsp3) is 0.235. The molecule has 0 radical (unpaired) electrons. The van der Waals surface area contributed by atoms with Crippen LogP contribution in [0.1, 0.15) is 33.5 Å². The van der Waals surface area contributed by atoms with E-state index in [1.807, 2.05) is 18.2 Å². The highest BCUT2D eigenvalue weighted by Gasteiger charge is 2.16. The number of ketones is 1. The Morgan fingerprint density at radius 1 is 1.05 bits per heavy atom. The Bertz CT molecular complexity index is 677. The third-order valence-electron chi connectivity index (χ3n) is 3.77. The van der Waals surface area contributed by atoms with Crippen molar-refractivity contribution in [2.75, 3.05) is 7.11 Å². The largest absolute Gasteiger partial charge is 0.494 e. The van der Waals surface area contributed by atoms with Gasteiger partial charge in [0.1, 0.15) is 0 Å². The average molecular weight is 270 g/mol. The van der Waals surface area contributed by atoms with E-state index >= 15 is 0 Å². The molecule has 2 nitrogen and oxygen atoms in total. The summed E-state index contributed by atoms with van der Waals surface area (Å²) in [5, 5.41) is 0. The van der Waals surface area contributed by atoms with Crippen LogP contribution < -0.4 is 4.74 Å². The number of carbonyl (C=O) groups is 1. The molecule has 0 saturated heterocycles. The normalized spacial score (nSPS) is 13.1. The van der Waals surface area contributed by atoms with Gasteiger partial charge in [-0.15, -0.1) is 0 Å². The van der Waals surface area contributed by atoms with Gasteiger partial charge in [-0.2, -0.15) is 0 Å². The first-order valence-electron chi connectivity index (χ1n) is 6.69. The molecule has 2 aromatic carbocycles. The van der Waals surface area contributed by atoms with Crippen molar-refractivity contribution in [3.8, 4) is 5.75 Å². The molecule has 0 bridgehead atoms. The second kappa shape index (κ2) is 5.08. The van der Waals surface area contributed by atoms with E-state index in [-0.39, 0.29) is 11.5 Å². The van der Waals surface area contributed by atoms with Gasteiger partial charge in [-0.3, -0.25) is 4.79 Å². The van der Waals surface area contributed by atoms with E-state index in [2.05, 4.69) is 0 Å². The van der Waals surface area contributed by atoms with Gasteiger partial charge in [0, 0.05) is 11.1 Å². The quantitative estimate of drug-likeness (QED) is 0.797. The van der Waals surface area contributed by atoms with Crippen molar-refractivity contribution in [2.45, 2.75) is 19.3 Å². The minimum absolute atomic E-state index is 0.149. The summed E-state index contributed by atoms with van der Waals surface area (Å²) in [5.74, 6) is -0.517. The fourth-order valence-electron chi connectivity index (χ4n) is 2.69. The van der Waals surface area contributed by atoms with Gasteiger partial charge in [0.2, 0.25) is 0 Å². The van der Waals surface area contributed by atoms with Gasteiger partial charge >= 0.3 is 0 Å². The van der Waals surface area contributed by atoms with Crippen molar-refractivity contribution in [1.29, 1.82) is 0 Å². The summed E-state index contributed by atoms with van der Waals surface area (Å²) in [6, 6.07) is 10.1. The summed E-state index contributed by atoms with van der Waals surface area (Å²) in [5.41, 5.74) is 3.53. The lowest BCUT2D eigenvalue weighted by molar-refractivity contribution is 0.103. The second-order valence-electron chi connectivity index (χ2n) is 5.02. The van der Waals surface area contributed by atoms with Gasteiger partial charge in [-0.05, 0) is 54.7 Å². The molecule has 0 aliphatic heterocycles. The van der Waals surface area contributed by atoms with Crippen molar-refractivity contribution in [1.82, 2.24) is 0 Å². The lowest BCUT2D eigenvalue weighted by atomic mass is 9.99. The summed E-state index contributed by atoms with van der Waals surface area (Å²) >= 11 is 0. The molecular formula is C17H15FO2. The van der Waals surface area contributed by atoms with Gasteiger partial charge in [-0.25, -0.2) is 4.39 Å². The van der Waals surface area contributed by atoms with Gasteiger partial charge in [0.25, 0.3) is 0 Å². The van der Waals surface area contributed by atoms with Crippen LogP contribution >= 0.6 is 0 Å². The van der Waals surface area contributed by atoms with Gasteiger partial charge < -0.3 is 4.74 Å². The number of carbonyl (C=O) groups excluding carboxylic acids is 1. The highest BCUT2D eigenvalue weighted by molar-refractivity contribution is 6.09. The van der Waals surface area contributed by atoms with E-state index in [1.165, 1.54) is 30.4 Å². The van der Waals surface area contributed by atoms with Crippen LogP contribution in [0.4, 0.5) is 4.39 Å². The summed E-state index contributed by atoms with van der Waals surface area (Å²) in [6.07, 6.45) is 3.25. The average Bonchev–Trinajstić information content (AvgIpc) is 2.93. The lowest BCUT2D eigenvalue weighted by Crippen LogP contribution is -2.03. The van der Waals surface area contributed by atoms with Gasteiger partial charge in [0.15, 0.2) is 17.3 Å². The van der Waals surface area contributed by atoms with E-state index < -0.39 is 5.82 Å². The third-order valence-corrected chi connectivity index (χ3v) is 3.77. The predicted molar refractivity (Wildman–Crippen MR) is 74.9 cm³/mol. The Balaban J connectivity index is 1.94. The van der Waals surface area contributed by atoms with Crippen LogP contribution in [0.15, 0.2) is 36.4 Å². The maximum atomic E-state index is 13.7. The number of aryl methyl sites for hydroxylation is 2. The summed E-state index contributed by atoms with van der Waals surface area (Å²) in [6.45, 7) is 0. The van der Waals surface area contributed by atoms with E-state index in [0.29, 0.717) is 11.1 Å². The molecule has 3 heteroatoms. The molecule has 20 heavy (non-hydrogen) atoms. The summed E-state index contributed by atoms with van der Waals surface area (Å²) in [4.78, 5) is 12.4. The molecule has 0 heterocycles. The fourth-order valence-corrected chi connectivity index (χ4v) is 2.69. The van der Waals surface area contributed by atoms with E-state index in [4.69, 9.17) is 4.74 Å². The molecule has 0 saturated carbocycles. The molecule has 0 atom stereocenters. The van der Waals surface area contributed by atoms with Crippen LogP contribution in [0.3, 0.4) is 0 Å². The molecular weight excluding hydrogens is 255 g/mol. The number of benzene rings is 2. The second-order valence-corrected chi connectivity index (χ2v) is 5.02. The minimum atomic E-state index is -0.514. The van der Waals surface area contributed by atoms with Crippen LogP contribution in [0.5, 0.6) is 5.75 Å². The number of halogens is 1. The van der Waals surface area contributed by atoms with Gasteiger partial charge in [-0.1, -0.05) is 12.1 Å². The van der Waals surface area contributed by atoms with Crippen LogP contribution in [-0.2, 0) is 12.8 Å². The van der Waals surface area contributed by atoms with Crippen LogP contribution in [-0.4, -0.2) is 12.9 Å². The standard InChI is InChI=1S/C17H15FO2/c1-20-16-8-7-14(10-15(16)18)17(19)13-6-5-11-3-2-4-12(11)9-13/h5-10H,2-4H2,1H3. The first-order chi connectivity index (χ1) is 9.69. The number of hydrogen-bond acceptors (Lipinski definition) is 2. The Morgan fingerprint density at radius 3 is 2.50 bits per heavy atom. The highest BCUT2D eigenvalue weighted by Crippen LogP contribution is 2.25. The Kier molecular flexibility index (Phi) is 3.26. The van der Waals surface area contributed by atoms with Crippen LogP contribution in [0.2, 0.25) is 0 Å². The first-order valence-corrected chi connectivity index (χ1v) is 6.69. The molecule has 1 aliphatic rings. The van der Waals surface area contributed by atoms with E-state index in [0.717, 1.165) is 19.3 Å². The number of rotatable bonds is 3. The van der Waals surface area contributed by atoms with Crippen molar-refractivity contribution >= 4 is 5.78 Å². The van der Waals surface area contributed by atoms with Crippen molar-refractivity contribution < 1.29 is 13.9 Å². The Morgan fingerprint density at radius 2 is 1.75 bits per heavy atom. The topological polar surface area (TPSA) is 26.3 Å². The van der Waals surface area contributed by atoms with Crippen LogP contribution in [0, 0.1) is 5.82 Å². The Labute approximate surface area is 117 Å². The predicted octanol–water partition coefficient (Wildman–Crippen LogP) is 3.55. The molecule has 0 spiro atoms. The van der Waals surface area contributed by atoms with Crippen molar-refractivity contribution in [3.05, 3.63) is 64.5 Å². The Hall–Kier alpha value is -2.16. The smallest absolute Gasteiger partial charge is 0.193 e. The lowest BCUT2D eigenvalue weighted by Gasteiger charge is -2.06. The van der Waals surface area contributed by atoms with Gasteiger partial charge in [0.05, 0.1) is 7.11 Å². The molecule has 3 rings (SSSR count). The summed E-state index contributed by atoms with van der Waals surface area (Å²) in [7, 11) is 1.40. The molecule has 102 valence electrons. The SMILES string of the molecule is COc1ccc(C(=O)c2ccc3c(c2)CCC3)cc1F. The minimum Gasteiger partial charge on any atom is -0.494 e. The molecule has 2 aromatic rings. The monoisotopic (exact) mass is 270 g/mol. The molecule has 0 fully saturated rings.